The Kier molecular flexibility index (Phi) is 7.46. The molecule has 3 unspecified atom stereocenters. The molecule has 32 heavy (non-hydrogen) atoms. The third kappa shape index (κ3) is 4.09. The van der Waals surface area contributed by atoms with Gasteiger partial charge in [0.05, 0.1) is 24.5 Å². The Morgan fingerprint density at radius 3 is 2.69 bits per heavy atom. The van der Waals surface area contributed by atoms with Crippen LogP contribution in [0.15, 0.2) is 0 Å². The quantitative estimate of drug-likeness (QED) is 0.276. The van der Waals surface area contributed by atoms with Crippen molar-refractivity contribution in [1.82, 2.24) is 10.2 Å². The molecule has 0 radical (unpaired) electrons. The van der Waals surface area contributed by atoms with Gasteiger partial charge >= 0.3 is 5.97 Å². The Labute approximate surface area is 197 Å². The zero-order chi connectivity index (χ0) is 22.9. The van der Waals surface area contributed by atoms with Crippen molar-refractivity contribution < 1.29 is 29.0 Å². The van der Waals surface area contributed by atoms with E-state index in [2.05, 4.69) is 21.2 Å². The van der Waals surface area contributed by atoms with Gasteiger partial charge in [-0.05, 0) is 45.4 Å². The molecule has 3 aliphatic heterocycles. The van der Waals surface area contributed by atoms with Gasteiger partial charge in [0.15, 0.2) is 0 Å². The van der Waals surface area contributed by atoms with E-state index >= 15 is 0 Å². The Hall–Kier alpha value is -1.19. The van der Waals surface area contributed by atoms with Crippen LogP contribution in [-0.4, -0.2) is 76.2 Å². The minimum absolute atomic E-state index is 0.104. The van der Waals surface area contributed by atoms with Gasteiger partial charge in [-0.25, -0.2) is 0 Å². The molecule has 3 saturated heterocycles. The van der Waals surface area contributed by atoms with Crippen molar-refractivity contribution in [1.29, 1.82) is 0 Å². The SMILES string of the molecule is CCOC(=O)[C@H]1[C@H]2C(=O)N(CCCCCO)C(C(=O)NC3CCCCC3)C23CC(Br)[C@@H]1O3. The maximum Gasteiger partial charge on any atom is 0.312 e. The number of carbonyl (C=O) groups excluding carboxylic acids is 3. The topological polar surface area (TPSA) is 105 Å². The number of rotatable bonds is 9. The summed E-state index contributed by atoms with van der Waals surface area (Å²) in [6.07, 6.45) is 7.45. The number of esters is 1. The van der Waals surface area contributed by atoms with Crippen molar-refractivity contribution in [2.45, 2.75) is 93.3 Å². The first-order valence-corrected chi connectivity index (χ1v) is 13.1. The summed E-state index contributed by atoms with van der Waals surface area (Å²) < 4.78 is 11.7. The second kappa shape index (κ2) is 9.97. The number of hydrogen-bond acceptors (Lipinski definition) is 6. The maximum atomic E-state index is 13.7. The predicted molar refractivity (Wildman–Crippen MR) is 120 cm³/mol. The van der Waals surface area contributed by atoms with Crippen LogP contribution < -0.4 is 5.32 Å². The van der Waals surface area contributed by atoms with E-state index in [0.717, 1.165) is 32.1 Å². The summed E-state index contributed by atoms with van der Waals surface area (Å²) in [6.45, 7) is 2.50. The molecule has 0 aromatic heterocycles. The standard InChI is InChI=1S/C23H35BrN2O6/c1-2-31-22(30)16-17-21(29)26(11-7-4-8-12-27)19(23(17)13-15(24)18(16)32-23)20(28)25-14-9-5-3-6-10-14/h14-19,27H,2-13H2,1H3,(H,25,28)/t15?,16-,17-,18-,19?,23?/m0/s1. The molecule has 2 amide bonds. The summed E-state index contributed by atoms with van der Waals surface area (Å²) in [6, 6.07) is -0.627. The molecule has 0 aromatic carbocycles. The van der Waals surface area contributed by atoms with Crippen molar-refractivity contribution in [3.05, 3.63) is 0 Å². The summed E-state index contributed by atoms with van der Waals surface area (Å²) >= 11 is 3.65. The van der Waals surface area contributed by atoms with E-state index in [1.165, 1.54) is 6.42 Å². The number of aliphatic hydroxyl groups is 1. The van der Waals surface area contributed by atoms with Gasteiger partial charge in [0.1, 0.15) is 11.6 Å². The molecule has 2 bridgehead atoms. The van der Waals surface area contributed by atoms with Gasteiger partial charge in [0.2, 0.25) is 11.8 Å². The van der Waals surface area contributed by atoms with E-state index in [-0.39, 0.29) is 35.9 Å². The summed E-state index contributed by atoms with van der Waals surface area (Å²) in [7, 11) is 0. The fourth-order valence-electron chi connectivity index (χ4n) is 6.28. The van der Waals surface area contributed by atoms with E-state index in [1.54, 1.807) is 11.8 Å². The normalized spacial score (nSPS) is 36.4. The number of aliphatic hydroxyl groups excluding tert-OH is 1. The van der Waals surface area contributed by atoms with Crippen LogP contribution in [0.3, 0.4) is 0 Å². The highest BCUT2D eigenvalue weighted by Crippen LogP contribution is 2.60. The first-order valence-electron chi connectivity index (χ1n) is 12.1. The van der Waals surface area contributed by atoms with Crippen LogP contribution >= 0.6 is 15.9 Å². The summed E-state index contributed by atoms with van der Waals surface area (Å²) in [4.78, 5) is 41.7. The molecular weight excluding hydrogens is 480 g/mol. The van der Waals surface area contributed by atoms with Crippen molar-refractivity contribution in [2.24, 2.45) is 11.8 Å². The number of nitrogens with zero attached hydrogens (tertiary/aromatic N) is 1. The number of fused-ring (bicyclic) bond motifs is 1. The van der Waals surface area contributed by atoms with E-state index in [0.29, 0.717) is 25.8 Å². The third-order valence-corrected chi connectivity index (χ3v) is 8.45. The van der Waals surface area contributed by atoms with Crippen molar-refractivity contribution in [3.8, 4) is 0 Å². The van der Waals surface area contributed by atoms with Crippen LogP contribution in [0, 0.1) is 11.8 Å². The van der Waals surface area contributed by atoms with E-state index in [9.17, 15) is 14.4 Å². The summed E-state index contributed by atoms with van der Waals surface area (Å²) in [5.41, 5.74) is -1.01. The monoisotopic (exact) mass is 514 g/mol. The molecule has 9 heteroatoms. The minimum atomic E-state index is -1.01. The molecule has 2 N–H and O–H groups in total. The van der Waals surface area contributed by atoms with Crippen LogP contribution in [-0.2, 0) is 23.9 Å². The molecule has 0 aromatic rings. The Balaban J connectivity index is 1.62. The molecule has 4 rings (SSSR count). The molecule has 1 saturated carbocycles. The number of carbonyl (C=O) groups is 3. The lowest BCUT2D eigenvalue weighted by molar-refractivity contribution is -0.154. The van der Waals surface area contributed by atoms with E-state index < -0.39 is 35.6 Å². The molecule has 180 valence electrons. The zero-order valence-corrected chi connectivity index (χ0v) is 20.3. The van der Waals surface area contributed by atoms with E-state index in [1.807, 2.05) is 0 Å². The average molecular weight is 515 g/mol. The average Bonchev–Trinajstić information content (AvgIpc) is 3.35. The number of hydrogen-bond donors (Lipinski definition) is 2. The third-order valence-electron chi connectivity index (χ3n) is 7.60. The molecular formula is C23H35BrN2O6. The van der Waals surface area contributed by atoms with Crippen LogP contribution in [0.2, 0.25) is 0 Å². The first kappa shape index (κ1) is 24.0. The molecule has 4 fully saturated rings. The van der Waals surface area contributed by atoms with Gasteiger partial charge in [-0.15, -0.1) is 0 Å². The summed E-state index contributed by atoms with van der Waals surface area (Å²) in [5.74, 6) is -2.17. The maximum absolute atomic E-state index is 13.7. The van der Waals surface area contributed by atoms with Crippen molar-refractivity contribution >= 4 is 33.7 Å². The van der Waals surface area contributed by atoms with E-state index in [4.69, 9.17) is 14.6 Å². The lowest BCUT2D eigenvalue weighted by Gasteiger charge is -2.35. The molecule has 3 heterocycles. The second-order valence-corrected chi connectivity index (χ2v) is 10.8. The number of likely N-dealkylation sites (tertiary alicyclic amines) is 1. The first-order chi connectivity index (χ1) is 15.4. The van der Waals surface area contributed by atoms with Gasteiger partial charge < -0.3 is 24.8 Å². The van der Waals surface area contributed by atoms with Gasteiger partial charge in [-0.3, -0.25) is 14.4 Å². The largest absolute Gasteiger partial charge is 0.466 e. The second-order valence-electron chi connectivity index (χ2n) is 9.57. The van der Waals surface area contributed by atoms with Crippen LogP contribution in [0.5, 0.6) is 0 Å². The van der Waals surface area contributed by atoms with Gasteiger partial charge in [0.25, 0.3) is 0 Å². The summed E-state index contributed by atoms with van der Waals surface area (Å²) in [5, 5.41) is 12.3. The highest BCUT2D eigenvalue weighted by atomic mass is 79.9. The Bertz CT molecular complexity index is 729. The number of unbranched alkanes of at least 4 members (excludes halogenated alkanes) is 2. The van der Waals surface area contributed by atoms with Gasteiger partial charge in [-0.2, -0.15) is 0 Å². The fourth-order valence-corrected chi connectivity index (χ4v) is 7.22. The number of nitrogens with one attached hydrogen (secondary N) is 1. The number of amides is 2. The van der Waals surface area contributed by atoms with Crippen LogP contribution in [0.1, 0.15) is 64.7 Å². The van der Waals surface area contributed by atoms with Crippen molar-refractivity contribution in [3.63, 3.8) is 0 Å². The van der Waals surface area contributed by atoms with Gasteiger partial charge in [0, 0.05) is 24.0 Å². The van der Waals surface area contributed by atoms with Crippen LogP contribution in [0.25, 0.3) is 0 Å². The Morgan fingerprint density at radius 2 is 2.00 bits per heavy atom. The zero-order valence-electron chi connectivity index (χ0n) is 18.8. The van der Waals surface area contributed by atoms with Gasteiger partial charge in [-0.1, -0.05) is 35.2 Å². The molecule has 8 nitrogen and oxygen atoms in total. The minimum Gasteiger partial charge on any atom is -0.466 e. The van der Waals surface area contributed by atoms with Crippen molar-refractivity contribution in [2.75, 3.05) is 19.8 Å². The number of alkyl halides is 1. The predicted octanol–water partition coefficient (Wildman–Crippen LogP) is 1.91. The smallest absolute Gasteiger partial charge is 0.312 e. The highest BCUT2D eigenvalue weighted by Gasteiger charge is 2.76. The highest BCUT2D eigenvalue weighted by molar-refractivity contribution is 9.09. The molecule has 1 aliphatic carbocycles. The fraction of sp³-hybridized carbons (Fsp3) is 0.870. The lowest BCUT2D eigenvalue weighted by atomic mass is 9.70. The number of ether oxygens (including phenoxy) is 2. The molecule has 4 aliphatic rings. The van der Waals surface area contributed by atoms with Crippen LogP contribution in [0.4, 0.5) is 0 Å². The number of halogens is 1. The molecule has 1 spiro atoms. The lowest BCUT2D eigenvalue weighted by Crippen LogP contribution is -2.57. The molecule has 6 atom stereocenters. The Morgan fingerprint density at radius 1 is 1.25 bits per heavy atom.